The molecule has 5 rings (SSSR count). The molecule has 2 bridgehead atoms. The first-order valence-electron chi connectivity index (χ1n) is 14.0. The van der Waals surface area contributed by atoms with E-state index < -0.39 is 15.9 Å². The van der Waals surface area contributed by atoms with Crippen LogP contribution in [-0.4, -0.2) is 40.6 Å². The van der Waals surface area contributed by atoms with Crippen molar-refractivity contribution in [2.24, 2.45) is 11.8 Å². The Morgan fingerprint density at radius 2 is 1.90 bits per heavy atom. The average molecular weight is 591 g/mol. The highest BCUT2D eigenvalue weighted by molar-refractivity contribution is 7.90. The van der Waals surface area contributed by atoms with E-state index in [1.807, 2.05) is 18.2 Å². The number of rotatable bonds is 1. The largest absolute Gasteiger partial charge is 0.487 e. The lowest BCUT2D eigenvalue weighted by molar-refractivity contribution is -0.119. The number of benzene rings is 2. The van der Waals surface area contributed by atoms with E-state index in [4.69, 9.17) is 21.1 Å². The second-order valence-electron chi connectivity index (χ2n) is 10.9. The van der Waals surface area contributed by atoms with Crippen LogP contribution in [0.5, 0.6) is 5.75 Å². The zero-order valence-electron chi connectivity index (χ0n) is 22.7. The molecule has 216 valence electrons. The second-order valence-corrected chi connectivity index (χ2v) is 13.1. The monoisotopic (exact) mass is 590 g/mol. The van der Waals surface area contributed by atoms with Gasteiger partial charge in [0.15, 0.2) is 0 Å². The summed E-state index contributed by atoms with van der Waals surface area (Å²) in [5.74, 6) is -0.0406. The predicted molar refractivity (Wildman–Crippen MR) is 153 cm³/mol. The quantitative estimate of drug-likeness (QED) is 0.442. The molecule has 1 N–H and O–H groups in total. The number of nitrogens with zero attached hydrogens (tertiary/aromatic N) is 1. The Kier molecular flexibility index (Phi) is 9.02. The minimum atomic E-state index is -4.12. The van der Waals surface area contributed by atoms with Crippen molar-refractivity contribution in [2.45, 2.75) is 69.0 Å². The Hall–Kier alpha value is -2.62. The third-order valence-corrected chi connectivity index (χ3v) is 9.90. The van der Waals surface area contributed by atoms with E-state index in [0.29, 0.717) is 36.2 Å². The predicted octanol–water partition coefficient (Wildman–Crippen LogP) is 5.95. The number of halogens is 2. The lowest BCUT2D eigenvalue weighted by Gasteiger charge is -2.43. The van der Waals surface area contributed by atoms with E-state index >= 15 is 0 Å². The molecule has 1 aliphatic carbocycles. The van der Waals surface area contributed by atoms with Gasteiger partial charge >= 0.3 is 0 Å². The fourth-order valence-corrected chi connectivity index (χ4v) is 7.16. The van der Waals surface area contributed by atoms with Crippen molar-refractivity contribution in [1.29, 1.82) is 0 Å². The van der Waals surface area contributed by atoms with Gasteiger partial charge in [0.1, 0.15) is 12.4 Å². The van der Waals surface area contributed by atoms with Gasteiger partial charge in [-0.15, -0.1) is 0 Å². The molecule has 0 saturated heterocycles. The van der Waals surface area contributed by atoms with Crippen molar-refractivity contribution in [1.82, 2.24) is 4.72 Å². The van der Waals surface area contributed by atoms with Crippen LogP contribution in [0.3, 0.4) is 0 Å². The topological polar surface area (TPSA) is 84.9 Å². The van der Waals surface area contributed by atoms with E-state index in [-0.39, 0.29) is 47.9 Å². The Morgan fingerprint density at radius 3 is 2.67 bits per heavy atom. The van der Waals surface area contributed by atoms with Gasteiger partial charge in [0.25, 0.3) is 10.0 Å². The van der Waals surface area contributed by atoms with Crippen LogP contribution in [0.4, 0.5) is 10.1 Å². The van der Waals surface area contributed by atoms with Gasteiger partial charge in [-0.25, -0.2) is 17.5 Å². The zero-order chi connectivity index (χ0) is 28.3. The van der Waals surface area contributed by atoms with E-state index in [1.165, 1.54) is 12.1 Å². The van der Waals surface area contributed by atoms with Crippen molar-refractivity contribution in [2.75, 3.05) is 25.1 Å². The summed E-state index contributed by atoms with van der Waals surface area (Å²) in [6, 6.07) is 10.6. The van der Waals surface area contributed by atoms with E-state index in [9.17, 15) is 17.6 Å². The number of aryl methyl sites for hydroxylation is 1. The Bertz CT molecular complexity index is 1380. The summed E-state index contributed by atoms with van der Waals surface area (Å²) in [6.07, 6.45) is 5.89. The molecule has 10 heteroatoms. The minimum Gasteiger partial charge on any atom is -0.487 e. The van der Waals surface area contributed by atoms with Crippen LogP contribution in [0.25, 0.3) is 0 Å². The molecule has 0 spiro atoms. The summed E-state index contributed by atoms with van der Waals surface area (Å²) in [7, 11) is -2.52. The molecular weight excluding hydrogens is 555 g/mol. The smallest absolute Gasteiger partial charge is 0.264 e. The molecular formula is C30H36ClFN2O5S. The molecule has 0 aromatic heterocycles. The first-order valence-corrected chi connectivity index (χ1v) is 15.8. The molecule has 1 fully saturated rings. The lowest BCUT2D eigenvalue weighted by Crippen LogP contribution is -2.44. The van der Waals surface area contributed by atoms with Crippen LogP contribution in [0, 0.1) is 11.8 Å². The number of hydrogen-bond acceptors (Lipinski definition) is 6. The number of amides is 1. The van der Waals surface area contributed by atoms with Gasteiger partial charge in [-0.3, -0.25) is 4.79 Å². The number of carbonyl (C=O) groups excluding carboxylic acids is 1. The SMILES string of the molecule is CO[C@H]1/C=C(\F)CCCC(=O)NS(=O)(=O)c2ccc3c(c2)N(CCCCc2cc(Cl)ccc2CO3)C[C@@H]2CC[C@H]21. The number of hydrogen-bond donors (Lipinski definition) is 1. The fraction of sp³-hybridized carbons (Fsp3) is 0.500. The summed E-state index contributed by atoms with van der Waals surface area (Å²) in [6.45, 7) is 1.66. The molecule has 0 unspecified atom stereocenters. The number of sulfonamides is 1. The van der Waals surface area contributed by atoms with Crippen molar-refractivity contribution < 1.29 is 27.1 Å². The number of nitrogens with one attached hydrogen (secondary N) is 1. The second kappa shape index (κ2) is 12.5. The molecule has 2 aromatic rings. The average Bonchev–Trinajstić information content (AvgIpc) is 2.93. The van der Waals surface area contributed by atoms with E-state index in [0.717, 1.165) is 43.2 Å². The molecule has 1 saturated carbocycles. The standard InChI is InChI=1S/C30H36ClFN2O5S/c1-38-29-16-24(32)6-4-7-30(35)33-40(36,37)25-11-13-28-27(17-25)34(18-21-9-12-26(21)29)14-3-2-5-20-15-23(31)10-8-22(20)19-39-28/h8,10-11,13,15-17,21,26,29H,2-7,9,12,14,18-19H2,1H3,(H,33,35)/b24-16-/t21-,26+,29-/m0/s1. The Labute approximate surface area is 240 Å². The van der Waals surface area contributed by atoms with Gasteiger partial charge < -0.3 is 14.4 Å². The highest BCUT2D eigenvalue weighted by Crippen LogP contribution is 2.42. The Morgan fingerprint density at radius 1 is 1.05 bits per heavy atom. The first-order chi connectivity index (χ1) is 19.2. The Balaban J connectivity index is 1.54. The van der Waals surface area contributed by atoms with Crippen LogP contribution >= 0.6 is 11.6 Å². The van der Waals surface area contributed by atoms with Gasteiger partial charge in [0, 0.05) is 31.6 Å². The third kappa shape index (κ3) is 6.64. The van der Waals surface area contributed by atoms with Gasteiger partial charge in [-0.1, -0.05) is 17.7 Å². The van der Waals surface area contributed by atoms with Gasteiger partial charge in [0.2, 0.25) is 5.91 Å². The van der Waals surface area contributed by atoms with Gasteiger partial charge in [-0.2, -0.15) is 0 Å². The number of ether oxygens (including phenoxy) is 2. The number of fused-ring (bicyclic) bond motifs is 3. The number of methoxy groups -OCH3 is 1. The van der Waals surface area contributed by atoms with Crippen molar-refractivity contribution in [3.63, 3.8) is 0 Å². The molecule has 1 amide bonds. The summed E-state index contributed by atoms with van der Waals surface area (Å²) >= 11 is 6.28. The number of allylic oxidation sites excluding steroid dienone is 1. The molecule has 2 heterocycles. The zero-order valence-corrected chi connectivity index (χ0v) is 24.3. The van der Waals surface area contributed by atoms with Crippen LogP contribution in [0.15, 0.2) is 53.2 Å². The maximum absolute atomic E-state index is 14.8. The normalized spacial score (nSPS) is 26.9. The maximum atomic E-state index is 14.8. The number of carbonyl (C=O) groups is 1. The van der Waals surface area contributed by atoms with Crippen LogP contribution in [-0.2, 0) is 32.6 Å². The first kappa shape index (κ1) is 28.9. The molecule has 40 heavy (non-hydrogen) atoms. The molecule has 3 atom stereocenters. The molecule has 2 aliphatic heterocycles. The summed E-state index contributed by atoms with van der Waals surface area (Å²) in [5, 5.41) is 0.686. The lowest BCUT2D eigenvalue weighted by atomic mass is 9.70. The fourth-order valence-electron chi connectivity index (χ4n) is 5.93. The van der Waals surface area contributed by atoms with Gasteiger partial charge in [0.05, 0.1) is 22.5 Å². The molecule has 3 aliphatic rings. The molecule has 0 radical (unpaired) electrons. The molecule has 7 nitrogen and oxygen atoms in total. The van der Waals surface area contributed by atoms with Crippen LogP contribution in [0.2, 0.25) is 5.02 Å². The highest BCUT2D eigenvalue weighted by Gasteiger charge is 2.38. The summed E-state index contributed by atoms with van der Waals surface area (Å²) < 4.78 is 55.3. The van der Waals surface area contributed by atoms with Gasteiger partial charge in [-0.05, 0) is 104 Å². The summed E-state index contributed by atoms with van der Waals surface area (Å²) in [5.41, 5.74) is 2.85. The highest BCUT2D eigenvalue weighted by atomic mass is 35.5. The maximum Gasteiger partial charge on any atom is 0.264 e. The molecule has 2 aromatic carbocycles. The van der Waals surface area contributed by atoms with Crippen LogP contribution < -0.4 is 14.4 Å². The van der Waals surface area contributed by atoms with Crippen LogP contribution in [0.1, 0.15) is 56.1 Å². The van der Waals surface area contributed by atoms with E-state index in [1.54, 1.807) is 19.2 Å². The van der Waals surface area contributed by atoms with Crippen molar-refractivity contribution in [3.8, 4) is 5.75 Å². The summed E-state index contributed by atoms with van der Waals surface area (Å²) in [4.78, 5) is 14.7. The minimum absolute atomic E-state index is 0.00616. The van der Waals surface area contributed by atoms with Crippen molar-refractivity contribution in [3.05, 3.63) is 64.5 Å². The van der Waals surface area contributed by atoms with E-state index in [2.05, 4.69) is 9.62 Å². The van der Waals surface area contributed by atoms with Crippen molar-refractivity contribution >= 4 is 33.2 Å². The third-order valence-electron chi connectivity index (χ3n) is 8.30. The number of anilines is 1.